The van der Waals surface area contributed by atoms with E-state index in [1.807, 2.05) is 29.2 Å². The van der Waals surface area contributed by atoms with Crippen molar-refractivity contribution in [2.45, 2.75) is 45.1 Å². The summed E-state index contributed by atoms with van der Waals surface area (Å²) in [6.07, 6.45) is 3.48. The van der Waals surface area contributed by atoms with Crippen LogP contribution in [0.3, 0.4) is 0 Å². The molecule has 2 aromatic rings. The molecule has 4 nitrogen and oxygen atoms in total. The monoisotopic (exact) mass is 337 g/mol. The SMILES string of the molecule is CCN(CC)C1CCN(C(=O)c2cc(C3CC3)nc3ccccc23)C1. The van der Waals surface area contributed by atoms with Gasteiger partial charge in [0.15, 0.2) is 0 Å². The lowest BCUT2D eigenvalue weighted by Crippen LogP contribution is -2.38. The van der Waals surface area contributed by atoms with E-state index in [1.165, 1.54) is 12.8 Å². The van der Waals surface area contributed by atoms with Gasteiger partial charge in [0.2, 0.25) is 0 Å². The highest BCUT2D eigenvalue weighted by atomic mass is 16.2. The van der Waals surface area contributed by atoms with Gasteiger partial charge >= 0.3 is 0 Å². The van der Waals surface area contributed by atoms with Crippen LogP contribution in [0.4, 0.5) is 0 Å². The van der Waals surface area contributed by atoms with Gasteiger partial charge in [-0.05, 0) is 44.5 Å². The molecule has 25 heavy (non-hydrogen) atoms. The minimum atomic E-state index is 0.176. The number of likely N-dealkylation sites (N-methyl/N-ethyl adjacent to an activating group) is 1. The van der Waals surface area contributed by atoms with Crippen LogP contribution in [0, 0.1) is 0 Å². The molecule has 1 aliphatic heterocycles. The fourth-order valence-corrected chi connectivity index (χ4v) is 4.10. The van der Waals surface area contributed by atoms with E-state index in [4.69, 9.17) is 4.98 Å². The number of rotatable bonds is 5. The summed E-state index contributed by atoms with van der Waals surface area (Å²) in [6, 6.07) is 10.6. The van der Waals surface area contributed by atoms with Crippen LogP contribution >= 0.6 is 0 Å². The first-order valence-electron chi connectivity index (χ1n) is 9.64. The molecule has 0 bridgehead atoms. The molecule has 4 rings (SSSR count). The highest BCUT2D eigenvalue weighted by molar-refractivity contribution is 6.06. The summed E-state index contributed by atoms with van der Waals surface area (Å²) in [5.74, 6) is 0.730. The van der Waals surface area contributed by atoms with Crippen molar-refractivity contribution in [3.63, 3.8) is 0 Å². The predicted octanol–water partition coefficient (Wildman–Crippen LogP) is 3.67. The third-order valence-corrected chi connectivity index (χ3v) is 5.74. The Bertz CT molecular complexity index is 780. The molecular weight excluding hydrogens is 310 g/mol. The number of hydrogen-bond donors (Lipinski definition) is 0. The van der Waals surface area contributed by atoms with Crippen molar-refractivity contribution >= 4 is 16.8 Å². The second-order valence-electron chi connectivity index (χ2n) is 7.30. The van der Waals surface area contributed by atoms with E-state index in [-0.39, 0.29) is 5.91 Å². The average Bonchev–Trinajstić information content (AvgIpc) is 3.39. The van der Waals surface area contributed by atoms with Crippen molar-refractivity contribution < 1.29 is 4.79 Å². The molecule has 132 valence electrons. The first kappa shape index (κ1) is 16.5. The summed E-state index contributed by atoms with van der Waals surface area (Å²) in [7, 11) is 0. The molecule has 1 unspecified atom stereocenters. The number of amides is 1. The molecule has 1 amide bonds. The molecule has 1 aromatic heterocycles. The van der Waals surface area contributed by atoms with Crippen molar-refractivity contribution in [2.75, 3.05) is 26.2 Å². The van der Waals surface area contributed by atoms with Gasteiger partial charge in [0.25, 0.3) is 5.91 Å². The summed E-state index contributed by atoms with van der Waals surface area (Å²) in [5.41, 5.74) is 2.89. The molecule has 4 heteroatoms. The number of carbonyl (C=O) groups is 1. The minimum absolute atomic E-state index is 0.176. The van der Waals surface area contributed by atoms with Gasteiger partial charge in [-0.1, -0.05) is 32.0 Å². The molecule has 2 heterocycles. The van der Waals surface area contributed by atoms with Gasteiger partial charge in [0.1, 0.15) is 0 Å². The van der Waals surface area contributed by atoms with Gasteiger partial charge < -0.3 is 4.90 Å². The number of benzene rings is 1. The second-order valence-corrected chi connectivity index (χ2v) is 7.30. The summed E-state index contributed by atoms with van der Waals surface area (Å²) in [4.78, 5) is 22.6. The Morgan fingerprint density at radius 3 is 2.68 bits per heavy atom. The zero-order valence-corrected chi connectivity index (χ0v) is 15.2. The fourth-order valence-electron chi connectivity index (χ4n) is 4.10. The van der Waals surface area contributed by atoms with Crippen LogP contribution in [-0.4, -0.2) is 52.9 Å². The van der Waals surface area contributed by atoms with Crippen LogP contribution in [0.1, 0.15) is 55.1 Å². The van der Waals surface area contributed by atoms with E-state index in [2.05, 4.69) is 24.8 Å². The molecule has 1 saturated carbocycles. The lowest BCUT2D eigenvalue weighted by molar-refractivity contribution is 0.0779. The van der Waals surface area contributed by atoms with Gasteiger partial charge in [-0.15, -0.1) is 0 Å². The maximum atomic E-state index is 13.3. The predicted molar refractivity (Wildman–Crippen MR) is 101 cm³/mol. The lowest BCUT2D eigenvalue weighted by atomic mass is 10.0. The quantitative estimate of drug-likeness (QED) is 0.835. The molecule has 1 saturated heterocycles. The third-order valence-electron chi connectivity index (χ3n) is 5.74. The Hall–Kier alpha value is -1.94. The van der Waals surface area contributed by atoms with Crippen LogP contribution in [0.15, 0.2) is 30.3 Å². The Labute approximate surface area is 149 Å². The van der Waals surface area contributed by atoms with E-state index in [9.17, 15) is 4.79 Å². The first-order chi connectivity index (χ1) is 12.2. The van der Waals surface area contributed by atoms with Gasteiger partial charge in [-0.3, -0.25) is 14.7 Å². The number of carbonyl (C=O) groups excluding carboxylic acids is 1. The average molecular weight is 337 g/mol. The smallest absolute Gasteiger partial charge is 0.254 e. The summed E-state index contributed by atoms with van der Waals surface area (Å²) >= 11 is 0. The van der Waals surface area contributed by atoms with Crippen LogP contribution in [0.5, 0.6) is 0 Å². The summed E-state index contributed by atoms with van der Waals surface area (Å²) < 4.78 is 0. The molecule has 0 N–H and O–H groups in total. The van der Waals surface area contributed by atoms with Crippen LogP contribution in [0.25, 0.3) is 10.9 Å². The molecule has 1 atom stereocenters. The Balaban J connectivity index is 1.64. The number of nitrogens with zero attached hydrogens (tertiary/aromatic N) is 3. The second kappa shape index (κ2) is 6.75. The number of para-hydroxylation sites is 1. The third kappa shape index (κ3) is 3.15. The molecule has 0 spiro atoms. The molecule has 1 aliphatic carbocycles. The van der Waals surface area contributed by atoms with Crippen LogP contribution < -0.4 is 0 Å². The van der Waals surface area contributed by atoms with Crippen molar-refractivity contribution in [3.05, 3.63) is 41.6 Å². The van der Waals surface area contributed by atoms with Gasteiger partial charge in [-0.2, -0.15) is 0 Å². The van der Waals surface area contributed by atoms with E-state index < -0.39 is 0 Å². The molecule has 2 aliphatic rings. The van der Waals surface area contributed by atoms with Crippen LogP contribution in [0.2, 0.25) is 0 Å². The Kier molecular flexibility index (Phi) is 4.46. The number of pyridine rings is 1. The van der Waals surface area contributed by atoms with E-state index in [0.29, 0.717) is 12.0 Å². The number of hydrogen-bond acceptors (Lipinski definition) is 3. The summed E-state index contributed by atoms with van der Waals surface area (Å²) in [6.45, 7) is 8.20. The highest BCUT2D eigenvalue weighted by Gasteiger charge is 2.32. The van der Waals surface area contributed by atoms with Crippen molar-refractivity contribution in [2.24, 2.45) is 0 Å². The minimum Gasteiger partial charge on any atom is -0.337 e. The zero-order chi connectivity index (χ0) is 17.4. The standard InChI is InChI=1S/C21H27N3O/c1-3-23(4-2)16-11-12-24(14-16)21(25)18-13-20(15-9-10-15)22-19-8-6-5-7-17(18)19/h5-8,13,15-16H,3-4,9-12,14H2,1-2H3. The van der Waals surface area contributed by atoms with Crippen molar-refractivity contribution in [3.8, 4) is 0 Å². The first-order valence-corrected chi connectivity index (χ1v) is 9.64. The molecule has 0 radical (unpaired) electrons. The van der Waals surface area contributed by atoms with Gasteiger partial charge in [0, 0.05) is 36.1 Å². The lowest BCUT2D eigenvalue weighted by Gasteiger charge is -2.26. The highest BCUT2D eigenvalue weighted by Crippen LogP contribution is 2.40. The molecule has 1 aromatic carbocycles. The Morgan fingerprint density at radius 2 is 1.96 bits per heavy atom. The largest absolute Gasteiger partial charge is 0.337 e. The van der Waals surface area contributed by atoms with E-state index in [0.717, 1.165) is 54.8 Å². The van der Waals surface area contributed by atoms with Gasteiger partial charge in [0.05, 0.1) is 11.1 Å². The maximum Gasteiger partial charge on any atom is 0.254 e. The van der Waals surface area contributed by atoms with E-state index >= 15 is 0 Å². The number of likely N-dealkylation sites (tertiary alicyclic amines) is 1. The molecular formula is C21H27N3O. The van der Waals surface area contributed by atoms with Gasteiger partial charge in [-0.25, -0.2) is 0 Å². The maximum absolute atomic E-state index is 13.3. The van der Waals surface area contributed by atoms with Crippen LogP contribution in [-0.2, 0) is 0 Å². The normalized spacial score (nSPS) is 20.6. The zero-order valence-electron chi connectivity index (χ0n) is 15.2. The molecule has 2 fully saturated rings. The summed E-state index contributed by atoms with van der Waals surface area (Å²) in [5, 5.41) is 0.989. The van der Waals surface area contributed by atoms with Crippen molar-refractivity contribution in [1.82, 2.24) is 14.8 Å². The topological polar surface area (TPSA) is 36.4 Å². The fraction of sp³-hybridized carbons (Fsp3) is 0.524. The number of aromatic nitrogens is 1. The van der Waals surface area contributed by atoms with E-state index in [1.54, 1.807) is 0 Å². The Morgan fingerprint density at radius 1 is 1.20 bits per heavy atom. The van der Waals surface area contributed by atoms with Crippen molar-refractivity contribution in [1.29, 1.82) is 0 Å². The number of fused-ring (bicyclic) bond motifs is 1.